The van der Waals surface area contributed by atoms with Crippen molar-refractivity contribution in [2.45, 2.75) is 19.8 Å². The molecule has 0 aromatic heterocycles. The maximum atomic E-state index is 5.84. The van der Waals surface area contributed by atoms with E-state index in [1.165, 1.54) is 0 Å². The average molecular weight is 215 g/mol. The van der Waals surface area contributed by atoms with Gasteiger partial charge in [0.1, 0.15) is 0 Å². The Morgan fingerprint density at radius 1 is 1.15 bits per heavy atom. The van der Waals surface area contributed by atoms with E-state index in [2.05, 4.69) is 13.0 Å². The molecule has 0 heterocycles. The van der Waals surface area contributed by atoms with Crippen LogP contribution in [0.5, 0.6) is 0 Å². The first kappa shape index (κ1) is 10.6. The molecule has 0 N–H and O–H groups in total. The molecule has 0 fully saturated rings. The predicted molar refractivity (Wildman–Crippen MR) is 60.4 cm³/mol. The van der Waals surface area contributed by atoms with Crippen LogP contribution >= 0.6 is 23.2 Å². The van der Waals surface area contributed by atoms with Gasteiger partial charge in [-0.25, -0.2) is 0 Å². The largest absolute Gasteiger partial charge is 0.0843 e. The fourth-order valence-corrected chi connectivity index (χ4v) is 1.60. The van der Waals surface area contributed by atoms with Gasteiger partial charge in [0.2, 0.25) is 0 Å². The van der Waals surface area contributed by atoms with E-state index in [-0.39, 0.29) is 0 Å². The molecule has 0 bridgehead atoms. The second-order valence-electron chi connectivity index (χ2n) is 2.89. The van der Waals surface area contributed by atoms with Crippen molar-refractivity contribution in [2.75, 3.05) is 0 Å². The molecule has 0 amide bonds. The van der Waals surface area contributed by atoms with Gasteiger partial charge in [-0.3, -0.25) is 0 Å². The van der Waals surface area contributed by atoms with E-state index < -0.39 is 0 Å². The number of benzene rings is 1. The van der Waals surface area contributed by atoms with E-state index in [0.717, 1.165) is 18.4 Å². The standard InChI is InChI=1S/C11H12Cl2/c1-2-3-4-5-9-6-10(12)8-11(13)7-9/h4-8H,2-3H2,1H3. The molecule has 0 spiro atoms. The van der Waals surface area contributed by atoms with Crippen molar-refractivity contribution in [3.63, 3.8) is 0 Å². The van der Waals surface area contributed by atoms with Crippen LogP contribution in [0.4, 0.5) is 0 Å². The summed E-state index contributed by atoms with van der Waals surface area (Å²) in [5, 5.41) is 1.37. The molecule has 0 aliphatic heterocycles. The van der Waals surface area contributed by atoms with Crippen LogP contribution in [0.1, 0.15) is 25.3 Å². The van der Waals surface area contributed by atoms with Crippen molar-refractivity contribution < 1.29 is 0 Å². The molecule has 1 rings (SSSR count). The van der Waals surface area contributed by atoms with E-state index in [0.29, 0.717) is 10.0 Å². The normalized spacial score (nSPS) is 11.0. The molecule has 0 saturated carbocycles. The number of halogens is 2. The lowest BCUT2D eigenvalue weighted by molar-refractivity contribution is 0.962. The summed E-state index contributed by atoms with van der Waals surface area (Å²) >= 11 is 11.7. The molecule has 2 heteroatoms. The lowest BCUT2D eigenvalue weighted by Gasteiger charge is -1.96. The van der Waals surface area contributed by atoms with Crippen LogP contribution < -0.4 is 0 Å². The topological polar surface area (TPSA) is 0 Å². The molecule has 1 aromatic carbocycles. The molecule has 0 atom stereocenters. The van der Waals surface area contributed by atoms with Crippen LogP contribution in [-0.4, -0.2) is 0 Å². The van der Waals surface area contributed by atoms with Crippen LogP contribution in [0.25, 0.3) is 6.08 Å². The van der Waals surface area contributed by atoms with Gasteiger partial charge < -0.3 is 0 Å². The van der Waals surface area contributed by atoms with E-state index in [9.17, 15) is 0 Å². The summed E-state index contributed by atoms with van der Waals surface area (Å²) in [6, 6.07) is 5.54. The zero-order valence-corrected chi connectivity index (χ0v) is 9.07. The number of hydrogen-bond acceptors (Lipinski definition) is 0. The van der Waals surface area contributed by atoms with E-state index in [1.807, 2.05) is 18.2 Å². The summed E-state index contributed by atoms with van der Waals surface area (Å²) in [6.45, 7) is 2.15. The van der Waals surface area contributed by atoms with E-state index >= 15 is 0 Å². The fourth-order valence-electron chi connectivity index (χ4n) is 1.06. The maximum Gasteiger partial charge on any atom is 0.0426 e. The van der Waals surface area contributed by atoms with Gasteiger partial charge in [0.25, 0.3) is 0 Å². The quantitative estimate of drug-likeness (QED) is 0.678. The highest BCUT2D eigenvalue weighted by Gasteiger charge is 1.93. The SMILES string of the molecule is CCCC=Cc1cc(Cl)cc(Cl)c1. The van der Waals surface area contributed by atoms with Gasteiger partial charge in [0, 0.05) is 10.0 Å². The third-order valence-corrected chi connectivity index (χ3v) is 2.09. The number of rotatable bonds is 3. The molecular formula is C11H12Cl2. The summed E-state index contributed by atoms with van der Waals surface area (Å²) in [6.07, 6.45) is 6.41. The summed E-state index contributed by atoms with van der Waals surface area (Å²) in [5.41, 5.74) is 1.06. The molecule has 1 aromatic rings. The monoisotopic (exact) mass is 214 g/mol. The van der Waals surface area contributed by atoms with Crippen LogP contribution in [-0.2, 0) is 0 Å². The zero-order chi connectivity index (χ0) is 9.68. The summed E-state index contributed by atoms with van der Waals surface area (Å²) in [4.78, 5) is 0. The van der Waals surface area contributed by atoms with Gasteiger partial charge in [-0.05, 0) is 30.2 Å². The lowest BCUT2D eigenvalue weighted by Crippen LogP contribution is -1.73. The minimum absolute atomic E-state index is 0.684. The molecule has 0 unspecified atom stereocenters. The zero-order valence-electron chi connectivity index (χ0n) is 7.56. The van der Waals surface area contributed by atoms with Crippen molar-refractivity contribution in [2.24, 2.45) is 0 Å². The van der Waals surface area contributed by atoms with Gasteiger partial charge in [0.05, 0.1) is 0 Å². The first-order chi connectivity index (χ1) is 6.22. The average Bonchev–Trinajstić information content (AvgIpc) is 2.03. The Labute approximate surface area is 89.2 Å². The molecular weight excluding hydrogens is 203 g/mol. The Bertz CT molecular complexity index is 283. The molecule has 0 nitrogen and oxygen atoms in total. The fraction of sp³-hybridized carbons (Fsp3) is 0.273. The maximum absolute atomic E-state index is 5.84. The minimum Gasteiger partial charge on any atom is -0.0843 e. The smallest absolute Gasteiger partial charge is 0.0426 e. The Balaban J connectivity index is 2.77. The third kappa shape index (κ3) is 3.84. The molecule has 0 radical (unpaired) electrons. The highest BCUT2D eigenvalue weighted by atomic mass is 35.5. The minimum atomic E-state index is 0.684. The van der Waals surface area contributed by atoms with Crippen molar-refractivity contribution in [3.05, 3.63) is 39.9 Å². The van der Waals surface area contributed by atoms with E-state index in [1.54, 1.807) is 6.07 Å². The molecule has 13 heavy (non-hydrogen) atoms. The van der Waals surface area contributed by atoms with Crippen molar-refractivity contribution in [1.29, 1.82) is 0 Å². The third-order valence-electron chi connectivity index (χ3n) is 1.65. The van der Waals surface area contributed by atoms with E-state index in [4.69, 9.17) is 23.2 Å². The Kier molecular flexibility index (Phi) is 4.34. The Hall–Kier alpha value is -0.460. The highest BCUT2D eigenvalue weighted by molar-refractivity contribution is 6.34. The first-order valence-electron chi connectivity index (χ1n) is 4.35. The van der Waals surface area contributed by atoms with Gasteiger partial charge >= 0.3 is 0 Å². The summed E-state index contributed by atoms with van der Waals surface area (Å²) in [5.74, 6) is 0. The van der Waals surface area contributed by atoms with Crippen LogP contribution in [0.2, 0.25) is 10.0 Å². The molecule has 0 aliphatic carbocycles. The van der Waals surface area contributed by atoms with Crippen LogP contribution in [0.3, 0.4) is 0 Å². The highest BCUT2D eigenvalue weighted by Crippen LogP contribution is 2.19. The molecule has 0 saturated heterocycles. The predicted octanol–water partition coefficient (Wildman–Crippen LogP) is 4.81. The van der Waals surface area contributed by atoms with Crippen molar-refractivity contribution in [3.8, 4) is 0 Å². The second kappa shape index (κ2) is 5.31. The number of hydrogen-bond donors (Lipinski definition) is 0. The Morgan fingerprint density at radius 2 is 1.77 bits per heavy atom. The number of allylic oxidation sites excluding steroid dienone is 1. The Morgan fingerprint density at radius 3 is 2.31 bits per heavy atom. The lowest BCUT2D eigenvalue weighted by atomic mass is 10.2. The van der Waals surface area contributed by atoms with Gasteiger partial charge in [0.15, 0.2) is 0 Å². The summed E-state index contributed by atoms with van der Waals surface area (Å²) < 4.78 is 0. The van der Waals surface area contributed by atoms with Gasteiger partial charge in [-0.15, -0.1) is 0 Å². The van der Waals surface area contributed by atoms with Crippen molar-refractivity contribution in [1.82, 2.24) is 0 Å². The summed E-state index contributed by atoms with van der Waals surface area (Å²) in [7, 11) is 0. The second-order valence-corrected chi connectivity index (χ2v) is 3.77. The number of unbranched alkanes of at least 4 members (excludes halogenated alkanes) is 1. The molecule has 0 aliphatic rings. The first-order valence-corrected chi connectivity index (χ1v) is 5.10. The van der Waals surface area contributed by atoms with Crippen LogP contribution in [0.15, 0.2) is 24.3 Å². The van der Waals surface area contributed by atoms with Gasteiger partial charge in [-0.1, -0.05) is 48.7 Å². The van der Waals surface area contributed by atoms with Gasteiger partial charge in [-0.2, -0.15) is 0 Å². The van der Waals surface area contributed by atoms with Crippen molar-refractivity contribution >= 4 is 29.3 Å². The van der Waals surface area contributed by atoms with Crippen LogP contribution in [0, 0.1) is 0 Å². The molecule has 70 valence electrons.